The minimum atomic E-state index is -0.155. The molecule has 3 rings (SSSR count). The zero-order valence-electron chi connectivity index (χ0n) is 12.3. The number of hydrogen-bond acceptors (Lipinski definition) is 5. The summed E-state index contributed by atoms with van der Waals surface area (Å²) in [5.41, 5.74) is 6.40. The molecule has 2 aromatic heterocycles. The van der Waals surface area contributed by atoms with E-state index in [2.05, 4.69) is 15.0 Å². The summed E-state index contributed by atoms with van der Waals surface area (Å²) in [6, 6.07) is 3.47. The maximum absolute atomic E-state index is 12.3. The average Bonchev–Trinajstić information content (AvgIpc) is 3.01. The van der Waals surface area contributed by atoms with Crippen molar-refractivity contribution in [3.8, 4) is 0 Å². The fourth-order valence-electron chi connectivity index (χ4n) is 2.40. The van der Waals surface area contributed by atoms with Gasteiger partial charge in [-0.15, -0.1) is 12.4 Å². The van der Waals surface area contributed by atoms with Gasteiger partial charge in [-0.1, -0.05) is 0 Å². The Morgan fingerprint density at radius 3 is 2.26 bits per heavy atom. The maximum atomic E-state index is 12.3. The number of aromatic nitrogens is 3. The van der Waals surface area contributed by atoms with E-state index in [0.29, 0.717) is 37.4 Å². The predicted molar refractivity (Wildman–Crippen MR) is 86.3 cm³/mol. The third-order valence-corrected chi connectivity index (χ3v) is 3.59. The molecule has 0 spiro atoms. The fourth-order valence-corrected chi connectivity index (χ4v) is 2.40. The smallest absolute Gasteiger partial charge is 0.272 e. The first-order valence-corrected chi connectivity index (χ1v) is 6.94. The van der Waals surface area contributed by atoms with Gasteiger partial charge in [0.1, 0.15) is 5.69 Å². The number of nitrogens with two attached hydrogens (primary N) is 1. The summed E-state index contributed by atoms with van der Waals surface area (Å²) < 4.78 is 0. The van der Waals surface area contributed by atoms with Crippen LogP contribution >= 0.6 is 12.4 Å². The lowest BCUT2D eigenvalue weighted by atomic mass is 10.2. The number of nitrogen functional groups attached to an aromatic ring is 1. The Balaban J connectivity index is 0.00000192. The molecule has 0 unspecified atom stereocenters. The Labute approximate surface area is 139 Å². The molecule has 2 aromatic rings. The number of hydrogen-bond donors (Lipinski definition) is 2. The van der Waals surface area contributed by atoms with E-state index < -0.39 is 0 Å². The highest BCUT2D eigenvalue weighted by Crippen LogP contribution is 2.11. The Morgan fingerprint density at radius 1 is 1.09 bits per heavy atom. The number of rotatable bonds is 2. The Morgan fingerprint density at radius 2 is 1.74 bits per heavy atom. The molecule has 3 N–H and O–H groups in total. The van der Waals surface area contributed by atoms with Gasteiger partial charge in [0.2, 0.25) is 0 Å². The number of halogens is 1. The number of pyridine rings is 1. The van der Waals surface area contributed by atoms with E-state index in [1.54, 1.807) is 34.3 Å². The molecule has 0 radical (unpaired) electrons. The topological polar surface area (TPSA) is 108 Å². The Bertz CT molecular complexity index is 682. The summed E-state index contributed by atoms with van der Waals surface area (Å²) in [5.74, 6) is -0.00241. The first-order valence-electron chi connectivity index (χ1n) is 6.94. The summed E-state index contributed by atoms with van der Waals surface area (Å²) in [7, 11) is 0. The van der Waals surface area contributed by atoms with Gasteiger partial charge in [0.15, 0.2) is 5.95 Å². The average molecular weight is 337 g/mol. The number of imidazole rings is 1. The van der Waals surface area contributed by atoms with Crippen LogP contribution in [0.4, 0.5) is 5.95 Å². The molecule has 0 aromatic carbocycles. The standard InChI is InChI=1S/C14H16N6O2.ClH/c15-14-17-9-11(18-14)13(22)20-6-4-19(5-7-20)12(21)10-2-1-3-16-8-10;/h1-3,8-9H,4-7H2,(H3,15,17,18);1H. The van der Waals surface area contributed by atoms with Crippen molar-refractivity contribution in [2.45, 2.75) is 0 Å². The van der Waals surface area contributed by atoms with Gasteiger partial charge in [0.05, 0.1) is 11.8 Å². The molecule has 1 fully saturated rings. The second-order valence-electron chi connectivity index (χ2n) is 5.01. The third kappa shape index (κ3) is 3.59. The highest BCUT2D eigenvalue weighted by Gasteiger charge is 2.26. The van der Waals surface area contributed by atoms with Gasteiger partial charge in [-0.3, -0.25) is 14.6 Å². The highest BCUT2D eigenvalue weighted by atomic mass is 35.5. The van der Waals surface area contributed by atoms with Crippen LogP contribution in [0.3, 0.4) is 0 Å². The van der Waals surface area contributed by atoms with Crippen molar-refractivity contribution in [3.63, 3.8) is 0 Å². The van der Waals surface area contributed by atoms with E-state index >= 15 is 0 Å². The molecular weight excluding hydrogens is 320 g/mol. The van der Waals surface area contributed by atoms with Crippen molar-refractivity contribution in [2.75, 3.05) is 31.9 Å². The van der Waals surface area contributed by atoms with Crippen molar-refractivity contribution in [2.24, 2.45) is 0 Å². The van der Waals surface area contributed by atoms with Crippen LogP contribution in [0.1, 0.15) is 20.8 Å². The lowest BCUT2D eigenvalue weighted by molar-refractivity contribution is 0.0532. The van der Waals surface area contributed by atoms with E-state index in [9.17, 15) is 9.59 Å². The zero-order valence-corrected chi connectivity index (χ0v) is 13.1. The summed E-state index contributed by atoms with van der Waals surface area (Å²) in [6.07, 6.45) is 4.60. The van der Waals surface area contributed by atoms with Gasteiger partial charge in [-0.2, -0.15) is 0 Å². The van der Waals surface area contributed by atoms with Crippen LogP contribution < -0.4 is 5.73 Å². The molecule has 9 heteroatoms. The minimum Gasteiger partial charge on any atom is -0.369 e. The summed E-state index contributed by atoms with van der Waals surface area (Å²) in [6.45, 7) is 1.93. The van der Waals surface area contributed by atoms with Crippen LogP contribution in [0, 0.1) is 0 Å². The molecule has 3 heterocycles. The van der Waals surface area contributed by atoms with Crippen LogP contribution in [0.5, 0.6) is 0 Å². The molecule has 1 saturated heterocycles. The number of H-pyrrole nitrogens is 1. The molecule has 0 atom stereocenters. The summed E-state index contributed by atoms with van der Waals surface area (Å²) in [5, 5.41) is 0. The number of carbonyl (C=O) groups is 2. The van der Waals surface area contributed by atoms with Gasteiger partial charge >= 0.3 is 0 Å². The predicted octanol–water partition coefficient (Wildman–Crippen LogP) is 0.407. The van der Waals surface area contributed by atoms with Crippen LogP contribution in [-0.4, -0.2) is 62.7 Å². The van der Waals surface area contributed by atoms with E-state index in [0.717, 1.165) is 0 Å². The fraction of sp³-hybridized carbons (Fsp3) is 0.286. The highest BCUT2D eigenvalue weighted by molar-refractivity contribution is 5.95. The number of aromatic amines is 1. The molecule has 122 valence electrons. The minimum absolute atomic E-state index is 0. The third-order valence-electron chi connectivity index (χ3n) is 3.59. The van der Waals surface area contributed by atoms with E-state index in [1.807, 2.05) is 0 Å². The number of nitrogens with zero attached hydrogens (tertiary/aromatic N) is 4. The van der Waals surface area contributed by atoms with Crippen LogP contribution in [-0.2, 0) is 0 Å². The number of anilines is 1. The lowest BCUT2D eigenvalue weighted by Crippen LogP contribution is -2.50. The van der Waals surface area contributed by atoms with Gasteiger partial charge < -0.3 is 20.5 Å². The van der Waals surface area contributed by atoms with Gasteiger partial charge in [0, 0.05) is 38.6 Å². The Kier molecular flexibility index (Phi) is 5.17. The molecule has 0 aliphatic carbocycles. The molecule has 0 saturated carbocycles. The first kappa shape index (κ1) is 16.8. The molecular formula is C14H17ClN6O2. The number of piperazine rings is 1. The number of amides is 2. The maximum Gasteiger partial charge on any atom is 0.272 e. The largest absolute Gasteiger partial charge is 0.369 e. The molecule has 1 aliphatic rings. The summed E-state index contributed by atoms with van der Waals surface area (Å²) >= 11 is 0. The van der Waals surface area contributed by atoms with Gasteiger partial charge in [0.25, 0.3) is 11.8 Å². The normalized spacial score (nSPS) is 14.3. The second kappa shape index (κ2) is 7.10. The van der Waals surface area contributed by atoms with Crippen molar-refractivity contribution in [1.82, 2.24) is 24.8 Å². The van der Waals surface area contributed by atoms with E-state index in [4.69, 9.17) is 5.73 Å². The van der Waals surface area contributed by atoms with Crippen LogP contribution in [0.15, 0.2) is 30.7 Å². The second-order valence-corrected chi connectivity index (χ2v) is 5.01. The zero-order chi connectivity index (χ0) is 15.5. The number of carbonyl (C=O) groups excluding carboxylic acids is 2. The molecule has 2 amide bonds. The summed E-state index contributed by atoms with van der Waals surface area (Å²) in [4.78, 5) is 38.4. The van der Waals surface area contributed by atoms with Crippen molar-refractivity contribution >= 4 is 30.2 Å². The molecule has 8 nitrogen and oxygen atoms in total. The van der Waals surface area contributed by atoms with Gasteiger partial charge in [-0.05, 0) is 12.1 Å². The van der Waals surface area contributed by atoms with Crippen molar-refractivity contribution in [3.05, 3.63) is 42.0 Å². The first-order chi connectivity index (χ1) is 10.6. The van der Waals surface area contributed by atoms with E-state index in [-0.39, 0.29) is 30.2 Å². The van der Waals surface area contributed by atoms with Crippen molar-refractivity contribution < 1.29 is 9.59 Å². The Hall–Kier alpha value is -2.61. The quantitative estimate of drug-likeness (QED) is 0.825. The van der Waals surface area contributed by atoms with Crippen LogP contribution in [0.25, 0.3) is 0 Å². The monoisotopic (exact) mass is 336 g/mol. The molecule has 0 bridgehead atoms. The van der Waals surface area contributed by atoms with Gasteiger partial charge in [-0.25, -0.2) is 4.98 Å². The molecule has 1 aliphatic heterocycles. The SMILES string of the molecule is Cl.Nc1ncc(C(=O)N2CCN(C(=O)c3cccnc3)CC2)[nH]1. The molecule has 23 heavy (non-hydrogen) atoms. The lowest BCUT2D eigenvalue weighted by Gasteiger charge is -2.34. The van der Waals surface area contributed by atoms with Crippen molar-refractivity contribution in [1.29, 1.82) is 0 Å². The number of nitrogens with one attached hydrogen (secondary N) is 1. The van der Waals surface area contributed by atoms with E-state index in [1.165, 1.54) is 6.20 Å². The van der Waals surface area contributed by atoms with Crippen LogP contribution in [0.2, 0.25) is 0 Å².